The first kappa shape index (κ1) is 19.6. The van der Waals surface area contributed by atoms with Crippen molar-refractivity contribution in [2.24, 2.45) is 0 Å². The normalized spacial score (nSPS) is 16.8. The van der Waals surface area contributed by atoms with E-state index in [4.69, 9.17) is 7.48 Å². The van der Waals surface area contributed by atoms with E-state index in [-0.39, 0.29) is 59.1 Å². The fraction of sp³-hybridized carbons (Fsp3) is 0.351. The zero-order valence-electron chi connectivity index (χ0n) is 32.3. The van der Waals surface area contributed by atoms with Crippen LogP contribution >= 0.6 is 0 Å². The number of nitrogens with zero attached hydrogens (tertiary/aromatic N) is 1. The number of hydrogen-bond donors (Lipinski definition) is 0. The Kier molecular flexibility index (Phi) is 4.30. The quantitative estimate of drug-likeness (QED) is 0.197. The molecule has 0 saturated carbocycles. The molecule has 2 heterocycles. The van der Waals surface area contributed by atoms with Crippen molar-refractivity contribution in [3.8, 4) is 11.5 Å². The molecule has 0 unspecified atom stereocenters. The molecule has 4 aromatic rings. The second-order valence-electron chi connectivity index (χ2n) is 14.3. The highest BCUT2D eigenvalue weighted by atomic mass is 16.5. The SMILES string of the molecule is [2H]c1c([2H])c(C(C)(C)C)c([2H])c([2H])c1N1c2cc(C)cc3c2B(c2ccc(C(C)(C)C)cc2O3)c2c([2H])c(C(C)(C)C)c([2H])c([2H])c21. The molecule has 40 heavy (non-hydrogen) atoms. The summed E-state index contributed by atoms with van der Waals surface area (Å²) in [6.45, 7) is 19.2. The smallest absolute Gasteiger partial charge is 0.256 e. The van der Waals surface area contributed by atoms with Gasteiger partial charge in [-0.2, -0.15) is 0 Å². The Morgan fingerprint density at radius 3 is 1.90 bits per heavy atom. The Labute approximate surface area is 251 Å². The minimum absolute atomic E-state index is 0.00909. The van der Waals surface area contributed by atoms with Gasteiger partial charge in [-0.05, 0) is 98.1 Å². The molecule has 0 N–H and O–H groups in total. The van der Waals surface area contributed by atoms with E-state index in [9.17, 15) is 6.85 Å². The van der Waals surface area contributed by atoms with Gasteiger partial charge in [-0.1, -0.05) is 98.6 Å². The van der Waals surface area contributed by atoms with Crippen molar-refractivity contribution in [2.45, 2.75) is 85.5 Å². The lowest BCUT2D eigenvalue weighted by atomic mass is 9.34. The lowest BCUT2D eigenvalue weighted by Gasteiger charge is -2.41. The first-order chi connectivity index (χ1) is 21.6. The van der Waals surface area contributed by atoms with Crippen molar-refractivity contribution in [2.75, 3.05) is 4.90 Å². The Morgan fingerprint density at radius 1 is 0.650 bits per heavy atom. The van der Waals surface area contributed by atoms with Gasteiger partial charge >= 0.3 is 0 Å². The fourth-order valence-corrected chi connectivity index (χ4v) is 5.53. The van der Waals surface area contributed by atoms with Gasteiger partial charge in [0.2, 0.25) is 0 Å². The number of anilines is 3. The monoisotopic (exact) mass is 534 g/mol. The number of fused-ring (bicyclic) bond motifs is 4. The summed E-state index contributed by atoms with van der Waals surface area (Å²) >= 11 is 0. The van der Waals surface area contributed by atoms with Crippen molar-refractivity contribution in [1.82, 2.24) is 0 Å². The molecular formula is C37H42BNO. The minimum atomic E-state index is -0.653. The van der Waals surface area contributed by atoms with Gasteiger partial charge in [0, 0.05) is 17.1 Å². The molecule has 2 aliphatic rings. The number of rotatable bonds is 1. The zero-order valence-corrected chi connectivity index (χ0v) is 25.3. The number of benzene rings is 4. The maximum atomic E-state index is 9.73. The van der Waals surface area contributed by atoms with Crippen molar-refractivity contribution in [1.29, 1.82) is 0 Å². The maximum Gasteiger partial charge on any atom is 0.256 e. The van der Waals surface area contributed by atoms with Crippen LogP contribution < -0.4 is 26.0 Å². The van der Waals surface area contributed by atoms with Crippen LogP contribution in [0.2, 0.25) is 0 Å². The lowest BCUT2D eigenvalue weighted by Crippen LogP contribution is -2.59. The third-order valence-corrected chi connectivity index (χ3v) is 7.87. The van der Waals surface area contributed by atoms with E-state index in [1.54, 1.807) is 4.90 Å². The van der Waals surface area contributed by atoms with Crippen LogP contribution in [-0.2, 0) is 16.2 Å². The molecule has 2 aliphatic heterocycles. The highest BCUT2D eigenvalue weighted by Gasteiger charge is 2.42. The van der Waals surface area contributed by atoms with Gasteiger partial charge < -0.3 is 9.64 Å². The molecule has 6 rings (SSSR count). The van der Waals surface area contributed by atoms with Gasteiger partial charge in [0.15, 0.2) is 0 Å². The van der Waals surface area contributed by atoms with Gasteiger partial charge in [-0.15, -0.1) is 0 Å². The van der Waals surface area contributed by atoms with E-state index in [2.05, 4.69) is 32.9 Å². The summed E-state index contributed by atoms with van der Waals surface area (Å²) in [4.78, 5) is 1.60. The van der Waals surface area contributed by atoms with Crippen LogP contribution in [0.3, 0.4) is 0 Å². The second kappa shape index (κ2) is 8.77. The standard InChI is InChI=1S/C37H42BNO/c1-23-19-31-34-33(20-23)40-32-22-26(37(8,9)10)13-17-28(32)38(34)29-21-25(36(5,6)7)14-18-30(29)39(31)27-15-11-24(12-16-27)35(2,3)4/h11-22H,1-10H3/i11D,12D,14D,15D,16D,18D,21D. The summed E-state index contributed by atoms with van der Waals surface area (Å²) in [5.74, 6) is 1.25. The van der Waals surface area contributed by atoms with Crippen molar-refractivity contribution < 1.29 is 14.3 Å². The Balaban J connectivity index is 1.82. The average molecular weight is 535 g/mol. The molecule has 3 heteroatoms. The number of aryl methyl sites for hydroxylation is 1. The summed E-state index contributed by atoms with van der Waals surface area (Å²) in [7, 11) is 0. The topological polar surface area (TPSA) is 12.5 Å². The molecule has 0 aromatic heterocycles. The van der Waals surface area contributed by atoms with Crippen LogP contribution in [0.25, 0.3) is 0 Å². The molecule has 0 radical (unpaired) electrons. The Morgan fingerprint density at radius 2 is 1.27 bits per heavy atom. The number of ether oxygens (including phenoxy) is 1. The van der Waals surface area contributed by atoms with Gasteiger partial charge in [-0.25, -0.2) is 0 Å². The fourth-order valence-electron chi connectivity index (χ4n) is 5.53. The highest BCUT2D eigenvalue weighted by molar-refractivity contribution is 6.99. The van der Waals surface area contributed by atoms with Crippen LogP contribution in [0.5, 0.6) is 11.5 Å². The second-order valence-corrected chi connectivity index (χ2v) is 14.3. The molecule has 204 valence electrons. The van der Waals surface area contributed by atoms with Gasteiger partial charge in [0.05, 0.1) is 9.60 Å². The maximum absolute atomic E-state index is 9.73. The summed E-state index contributed by atoms with van der Waals surface area (Å²) in [6, 6.07) is 9.20. The zero-order chi connectivity index (χ0) is 34.9. The molecule has 0 atom stereocenters. The Bertz CT molecular complexity index is 1990. The predicted molar refractivity (Wildman–Crippen MR) is 173 cm³/mol. The van der Waals surface area contributed by atoms with E-state index in [1.165, 1.54) is 0 Å². The van der Waals surface area contributed by atoms with E-state index in [1.807, 2.05) is 66.7 Å². The van der Waals surface area contributed by atoms with Gasteiger partial charge in [0.25, 0.3) is 6.71 Å². The molecule has 0 bridgehead atoms. The third-order valence-electron chi connectivity index (χ3n) is 7.87. The van der Waals surface area contributed by atoms with Gasteiger partial charge in [-0.3, -0.25) is 0 Å². The van der Waals surface area contributed by atoms with Gasteiger partial charge in [0.1, 0.15) is 11.5 Å². The van der Waals surface area contributed by atoms with Crippen molar-refractivity contribution in [3.05, 3.63) is 94.9 Å². The molecule has 2 nitrogen and oxygen atoms in total. The molecule has 4 aromatic carbocycles. The minimum Gasteiger partial charge on any atom is -0.458 e. The van der Waals surface area contributed by atoms with Crippen LogP contribution in [-0.4, -0.2) is 6.71 Å². The van der Waals surface area contributed by atoms with E-state index >= 15 is 0 Å². The summed E-state index contributed by atoms with van der Waals surface area (Å²) in [6.07, 6.45) is 0. The average Bonchev–Trinajstić information content (AvgIpc) is 2.93. The predicted octanol–water partition coefficient (Wildman–Crippen LogP) is 8.29. The highest BCUT2D eigenvalue weighted by Crippen LogP contribution is 2.43. The summed E-state index contributed by atoms with van der Waals surface area (Å²) < 4.78 is 71.8. The number of hydrogen-bond acceptors (Lipinski definition) is 2. The molecule has 0 fully saturated rings. The molecule has 0 saturated heterocycles. The lowest BCUT2D eigenvalue weighted by molar-refractivity contribution is 0.483. The summed E-state index contributed by atoms with van der Waals surface area (Å²) in [5, 5.41) is 0. The molecular weight excluding hydrogens is 485 g/mol. The molecule has 0 amide bonds. The Hall–Kier alpha value is -3.46. The van der Waals surface area contributed by atoms with Crippen LogP contribution in [0.15, 0.2) is 72.6 Å². The summed E-state index contributed by atoms with van der Waals surface area (Å²) in [5.41, 5.74) is 4.14. The van der Waals surface area contributed by atoms with Crippen LogP contribution in [0, 0.1) is 6.92 Å². The van der Waals surface area contributed by atoms with Crippen molar-refractivity contribution >= 4 is 40.2 Å². The van der Waals surface area contributed by atoms with Crippen molar-refractivity contribution in [3.63, 3.8) is 0 Å². The first-order valence-electron chi connectivity index (χ1n) is 17.6. The van der Waals surface area contributed by atoms with Crippen LogP contribution in [0.4, 0.5) is 17.1 Å². The van der Waals surface area contributed by atoms with Crippen LogP contribution in [0.1, 0.15) is 94.2 Å². The third kappa shape index (κ3) is 4.35. The first-order valence-corrected chi connectivity index (χ1v) is 14.1. The molecule has 0 aliphatic carbocycles. The van der Waals surface area contributed by atoms with E-state index < -0.39 is 17.5 Å². The van der Waals surface area contributed by atoms with E-state index in [0.717, 1.165) is 22.1 Å². The largest absolute Gasteiger partial charge is 0.458 e. The molecule has 0 spiro atoms. The van der Waals surface area contributed by atoms with E-state index in [0.29, 0.717) is 33.8 Å².